The predicted octanol–water partition coefficient (Wildman–Crippen LogP) is 3.15. The van der Waals surface area contributed by atoms with E-state index < -0.39 is 0 Å². The normalized spacial score (nSPS) is 10.4. The third-order valence-electron chi connectivity index (χ3n) is 4.13. The van der Waals surface area contributed by atoms with Gasteiger partial charge in [-0.25, -0.2) is 0 Å². The lowest BCUT2D eigenvalue weighted by Crippen LogP contribution is -2.24. The minimum atomic E-state index is -0.232. The Morgan fingerprint density at radius 2 is 1.96 bits per heavy atom. The molecule has 1 heterocycles. The molecule has 0 aliphatic rings. The predicted molar refractivity (Wildman–Crippen MR) is 102 cm³/mol. The molecule has 0 aliphatic heterocycles. The molecular formula is C21H21N3O2. The van der Waals surface area contributed by atoms with Gasteiger partial charge >= 0.3 is 0 Å². The second-order valence-electron chi connectivity index (χ2n) is 5.80. The Balaban J connectivity index is 1.84. The van der Waals surface area contributed by atoms with Crippen LogP contribution >= 0.6 is 0 Å². The standard InChI is InChI=1S/C21H21N3O2/c1-26-19-10-3-2-7-17(19)14-24-21(25)20-18(9-5-11-23-20)16-8-4-6-15(12-16)13-22/h2-12H,13-14,22H2,1H3,(H,24,25). The maximum absolute atomic E-state index is 12.7. The third-order valence-corrected chi connectivity index (χ3v) is 4.13. The van der Waals surface area contributed by atoms with Crippen molar-refractivity contribution >= 4 is 5.91 Å². The van der Waals surface area contributed by atoms with Crippen molar-refractivity contribution in [3.63, 3.8) is 0 Å². The first-order chi connectivity index (χ1) is 12.7. The number of hydrogen-bond donors (Lipinski definition) is 2. The van der Waals surface area contributed by atoms with Gasteiger partial charge in [-0.1, -0.05) is 42.5 Å². The van der Waals surface area contributed by atoms with Gasteiger partial charge in [0.05, 0.1) is 7.11 Å². The Hall–Kier alpha value is -3.18. The van der Waals surface area contributed by atoms with Gasteiger partial charge in [-0.2, -0.15) is 0 Å². The maximum Gasteiger partial charge on any atom is 0.270 e. The number of benzene rings is 2. The lowest BCUT2D eigenvalue weighted by molar-refractivity contribution is 0.0946. The number of nitrogens with zero attached hydrogens (tertiary/aromatic N) is 1. The summed E-state index contributed by atoms with van der Waals surface area (Å²) in [6.07, 6.45) is 1.62. The Kier molecular flexibility index (Phi) is 5.61. The molecule has 0 unspecified atom stereocenters. The largest absolute Gasteiger partial charge is 0.496 e. The zero-order valence-electron chi connectivity index (χ0n) is 14.6. The zero-order chi connectivity index (χ0) is 18.4. The number of amides is 1. The molecule has 0 spiro atoms. The van der Waals surface area contributed by atoms with Gasteiger partial charge in [0.1, 0.15) is 11.4 Å². The summed E-state index contributed by atoms with van der Waals surface area (Å²) < 4.78 is 5.32. The van der Waals surface area contributed by atoms with Crippen molar-refractivity contribution in [2.75, 3.05) is 7.11 Å². The van der Waals surface area contributed by atoms with Gasteiger partial charge in [0.2, 0.25) is 0 Å². The molecule has 1 aromatic heterocycles. The SMILES string of the molecule is COc1ccccc1CNC(=O)c1ncccc1-c1cccc(CN)c1. The van der Waals surface area contributed by atoms with E-state index in [9.17, 15) is 4.79 Å². The summed E-state index contributed by atoms with van der Waals surface area (Å²) in [5, 5.41) is 2.92. The maximum atomic E-state index is 12.7. The van der Waals surface area contributed by atoms with Gasteiger partial charge < -0.3 is 15.8 Å². The highest BCUT2D eigenvalue weighted by atomic mass is 16.5. The summed E-state index contributed by atoms with van der Waals surface area (Å²) in [6.45, 7) is 0.811. The minimum absolute atomic E-state index is 0.232. The van der Waals surface area contributed by atoms with Crippen LogP contribution in [0.15, 0.2) is 66.9 Å². The quantitative estimate of drug-likeness (QED) is 0.718. The van der Waals surface area contributed by atoms with Crippen LogP contribution in [0.2, 0.25) is 0 Å². The topological polar surface area (TPSA) is 77.2 Å². The van der Waals surface area contributed by atoms with Crippen LogP contribution in [0, 0.1) is 0 Å². The second-order valence-corrected chi connectivity index (χ2v) is 5.80. The number of pyridine rings is 1. The number of nitrogens with one attached hydrogen (secondary N) is 1. The van der Waals surface area contributed by atoms with Crippen LogP contribution in [-0.2, 0) is 13.1 Å². The smallest absolute Gasteiger partial charge is 0.270 e. The highest BCUT2D eigenvalue weighted by molar-refractivity contribution is 5.98. The number of methoxy groups -OCH3 is 1. The second kappa shape index (κ2) is 8.27. The molecule has 0 saturated heterocycles. The lowest BCUT2D eigenvalue weighted by Gasteiger charge is -2.12. The first kappa shape index (κ1) is 17.6. The molecule has 0 aliphatic carbocycles. The molecule has 5 nitrogen and oxygen atoms in total. The summed E-state index contributed by atoms with van der Waals surface area (Å²) >= 11 is 0. The van der Waals surface area contributed by atoms with E-state index in [4.69, 9.17) is 10.5 Å². The van der Waals surface area contributed by atoms with E-state index in [1.54, 1.807) is 13.3 Å². The van der Waals surface area contributed by atoms with Gasteiger partial charge in [0, 0.05) is 30.4 Å². The van der Waals surface area contributed by atoms with Crippen molar-refractivity contribution < 1.29 is 9.53 Å². The molecular weight excluding hydrogens is 326 g/mol. The molecule has 0 atom stereocenters. The number of hydrogen-bond acceptors (Lipinski definition) is 4. The molecule has 3 aromatic rings. The lowest BCUT2D eigenvalue weighted by atomic mass is 10.0. The number of carbonyl (C=O) groups is 1. The fraction of sp³-hybridized carbons (Fsp3) is 0.143. The summed E-state index contributed by atoms with van der Waals surface area (Å²) in [5.41, 5.74) is 9.73. The molecule has 1 amide bonds. The summed E-state index contributed by atoms with van der Waals surface area (Å²) in [4.78, 5) is 17.0. The number of rotatable bonds is 6. The van der Waals surface area contributed by atoms with Gasteiger partial charge in [-0.05, 0) is 29.3 Å². The van der Waals surface area contributed by atoms with Crippen LogP contribution in [-0.4, -0.2) is 18.0 Å². The van der Waals surface area contributed by atoms with Crippen LogP contribution in [0.1, 0.15) is 21.6 Å². The van der Waals surface area contributed by atoms with Gasteiger partial charge in [-0.15, -0.1) is 0 Å². The zero-order valence-corrected chi connectivity index (χ0v) is 14.6. The van der Waals surface area contributed by atoms with E-state index in [0.717, 1.165) is 28.0 Å². The van der Waals surface area contributed by atoms with E-state index in [1.165, 1.54) is 0 Å². The number of aromatic nitrogens is 1. The van der Waals surface area contributed by atoms with Crippen molar-refractivity contribution in [2.24, 2.45) is 5.73 Å². The van der Waals surface area contributed by atoms with Crippen molar-refractivity contribution in [2.45, 2.75) is 13.1 Å². The fourth-order valence-corrected chi connectivity index (χ4v) is 2.79. The molecule has 0 bridgehead atoms. The third kappa shape index (κ3) is 3.90. The van der Waals surface area contributed by atoms with Gasteiger partial charge in [-0.3, -0.25) is 9.78 Å². The monoisotopic (exact) mass is 347 g/mol. The molecule has 0 radical (unpaired) electrons. The first-order valence-electron chi connectivity index (χ1n) is 8.37. The van der Waals surface area contributed by atoms with Gasteiger partial charge in [0.25, 0.3) is 5.91 Å². The molecule has 132 valence electrons. The number of para-hydroxylation sites is 1. The fourth-order valence-electron chi connectivity index (χ4n) is 2.79. The van der Waals surface area contributed by atoms with E-state index in [2.05, 4.69) is 10.3 Å². The van der Waals surface area contributed by atoms with Crippen LogP contribution < -0.4 is 15.8 Å². The number of ether oxygens (including phenoxy) is 1. The molecule has 5 heteroatoms. The average Bonchev–Trinajstić information content (AvgIpc) is 2.72. The number of nitrogens with two attached hydrogens (primary N) is 1. The Bertz CT molecular complexity index is 909. The van der Waals surface area contributed by atoms with Crippen LogP contribution in [0.4, 0.5) is 0 Å². The molecule has 3 N–H and O–H groups in total. The first-order valence-corrected chi connectivity index (χ1v) is 8.37. The van der Waals surface area contributed by atoms with Crippen molar-refractivity contribution in [3.8, 4) is 16.9 Å². The average molecular weight is 347 g/mol. The van der Waals surface area contributed by atoms with E-state index in [0.29, 0.717) is 18.8 Å². The van der Waals surface area contributed by atoms with E-state index in [1.807, 2.05) is 60.7 Å². The van der Waals surface area contributed by atoms with Gasteiger partial charge in [0.15, 0.2) is 0 Å². The Labute approximate surface area is 152 Å². The van der Waals surface area contributed by atoms with Crippen LogP contribution in [0.3, 0.4) is 0 Å². The van der Waals surface area contributed by atoms with Crippen molar-refractivity contribution in [1.29, 1.82) is 0 Å². The van der Waals surface area contributed by atoms with Crippen LogP contribution in [0.25, 0.3) is 11.1 Å². The Morgan fingerprint density at radius 1 is 1.12 bits per heavy atom. The van der Waals surface area contributed by atoms with Crippen molar-refractivity contribution in [1.82, 2.24) is 10.3 Å². The molecule has 0 fully saturated rings. The van der Waals surface area contributed by atoms with Crippen molar-refractivity contribution in [3.05, 3.63) is 83.7 Å². The molecule has 0 saturated carbocycles. The molecule has 2 aromatic carbocycles. The summed E-state index contributed by atoms with van der Waals surface area (Å²) in [7, 11) is 1.61. The Morgan fingerprint density at radius 3 is 2.77 bits per heavy atom. The van der Waals surface area contributed by atoms with Crippen LogP contribution in [0.5, 0.6) is 5.75 Å². The van der Waals surface area contributed by atoms with E-state index in [-0.39, 0.29) is 5.91 Å². The number of carbonyl (C=O) groups excluding carboxylic acids is 1. The highest BCUT2D eigenvalue weighted by Gasteiger charge is 2.15. The summed E-state index contributed by atoms with van der Waals surface area (Å²) in [5.74, 6) is 0.509. The minimum Gasteiger partial charge on any atom is -0.496 e. The highest BCUT2D eigenvalue weighted by Crippen LogP contribution is 2.23. The molecule has 3 rings (SSSR count). The molecule has 26 heavy (non-hydrogen) atoms. The summed E-state index contributed by atoms with van der Waals surface area (Å²) in [6, 6.07) is 19.1. The van der Waals surface area contributed by atoms with E-state index >= 15 is 0 Å².